The first-order valence-corrected chi connectivity index (χ1v) is 8.17. The number of anilines is 2. The number of nitrogens with zero attached hydrogens (tertiary/aromatic N) is 3. The summed E-state index contributed by atoms with van der Waals surface area (Å²) in [7, 11) is 0. The molecule has 1 fully saturated rings. The van der Waals surface area contributed by atoms with Crippen LogP contribution < -0.4 is 22.7 Å². The Morgan fingerprint density at radius 1 is 1.36 bits per heavy atom. The lowest BCUT2D eigenvalue weighted by Crippen LogP contribution is -2.36. The van der Waals surface area contributed by atoms with E-state index in [-0.39, 0.29) is 23.2 Å². The lowest BCUT2D eigenvalue weighted by Gasteiger charge is -2.10. The monoisotopic (exact) mass is 340 g/mol. The van der Waals surface area contributed by atoms with Gasteiger partial charge < -0.3 is 11.5 Å². The molecule has 22 heavy (non-hydrogen) atoms. The number of carbonyl (C=O) groups is 1. The van der Waals surface area contributed by atoms with Gasteiger partial charge in [0.25, 0.3) is 5.56 Å². The highest BCUT2D eigenvalue weighted by atomic mass is 32.2. The molecule has 2 heterocycles. The van der Waals surface area contributed by atoms with Gasteiger partial charge in [-0.1, -0.05) is 23.1 Å². The first-order valence-electron chi connectivity index (χ1n) is 6.36. The van der Waals surface area contributed by atoms with Crippen molar-refractivity contribution in [3.8, 4) is 0 Å². The number of Topliss-reactive ketones (excluding diaryl/α,β-unsaturated/α-hetero) is 1. The predicted molar refractivity (Wildman–Crippen MR) is 83.4 cm³/mol. The molecule has 5 N–H and O–H groups in total. The second-order valence-corrected chi connectivity index (χ2v) is 6.97. The van der Waals surface area contributed by atoms with E-state index in [1.54, 1.807) is 0 Å². The van der Waals surface area contributed by atoms with Crippen LogP contribution in [-0.4, -0.2) is 31.3 Å². The van der Waals surface area contributed by atoms with Gasteiger partial charge in [-0.05, 0) is 12.8 Å². The normalized spacial score (nSPS) is 14.2. The first kappa shape index (κ1) is 14.8. The zero-order valence-corrected chi connectivity index (χ0v) is 12.9. The first-order chi connectivity index (χ1) is 10.5. The fourth-order valence-electron chi connectivity index (χ4n) is 2.01. The van der Waals surface area contributed by atoms with Crippen molar-refractivity contribution >= 4 is 39.8 Å². The quantitative estimate of drug-likeness (QED) is 0.503. The van der Waals surface area contributed by atoms with E-state index in [0.717, 1.165) is 35.9 Å². The Labute approximate surface area is 131 Å². The van der Waals surface area contributed by atoms with Crippen LogP contribution in [-0.2, 0) is 0 Å². The topological polar surface area (TPSA) is 150 Å². The Bertz CT molecular complexity index is 850. The maximum absolute atomic E-state index is 12.3. The smallest absolute Gasteiger partial charge is 0.330 e. The second kappa shape index (κ2) is 5.57. The van der Waals surface area contributed by atoms with Gasteiger partial charge in [-0.25, -0.2) is 4.79 Å². The van der Waals surface area contributed by atoms with Crippen LogP contribution in [0.2, 0.25) is 0 Å². The van der Waals surface area contributed by atoms with Crippen molar-refractivity contribution in [2.75, 3.05) is 17.2 Å². The lowest BCUT2D eigenvalue weighted by atomic mass is 10.2. The number of aromatic nitrogens is 4. The second-order valence-electron chi connectivity index (χ2n) is 4.74. The Morgan fingerprint density at radius 2 is 2.09 bits per heavy atom. The molecule has 0 radical (unpaired) electrons. The molecule has 0 bridgehead atoms. The molecule has 11 heteroatoms. The van der Waals surface area contributed by atoms with Gasteiger partial charge in [0.15, 0.2) is 10.1 Å². The SMILES string of the molecule is Nc1nnc(SCC(=O)c2c(N)n(C3CC3)c(=O)[nH]c2=O)s1. The van der Waals surface area contributed by atoms with Gasteiger partial charge in [0.05, 0.1) is 5.75 Å². The molecular formula is C11H12N6O3S2. The molecule has 0 atom stereocenters. The van der Waals surface area contributed by atoms with E-state index in [0.29, 0.717) is 9.47 Å². The van der Waals surface area contributed by atoms with E-state index >= 15 is 0 Å². The van der Waals surface area contributed by atoms with Crippen molar-refractivity contribution in [1.29, 1.82) is 0 Å². The van der Waals surface area contributed by atoms with E-state index in [2.05, 4.69) is 15.2 Å². The fourth-order valence-corrected chi connectivity index (χ4v) is 3.52. The minimum atomic E-state index is -0.762. The maximum atomic E-state index is 12.3. The van der Waals surface area contributed by atoms with Crippen molar-refractivity contribution in [1.82, 2.24) is 19.7 Å². The fraction of sp³-hybridized carbons (Fsp3) is 0.364. The average molecular weight is 340 g/mol. The summed E-state index contributed by atoms with van der Waals surface area (Å²) >= 11 is 2.26. The third-order valence-electron chi connectivity index (χ3n) is 3.12. The standard InChI is InChI=1S/C11H12N6O3S2/c12-7-6(5(18)3-21-11-16-15-9(13)22-11)8(19)14-10(20)17(7)4-1-2-4/h4H,1-3,12H2,(H2,13,15)(H,14,19,20). The number of nitrogens with two attached hydrogens (primary N) is 2. The van der Waals surface area contributed by atoms with Gasteiger partial charge >= 0.3 is 5.69 Å². The maximum Gasteiger partial charge on any atom is 0.330 e. The Kier molecular flexibility index (Phi) is 3.74. The van der Waals surface area contributed by atoms with Crippen LogP contribution in [0.1, 0.15) is 29.2 Å². The van der Waals surface area contributed by atoms with E-state index in [1.165, 1.54) is 4.57 Å². The summed E-state index contributed by atoms with van der Waals surface area (Å²) < 4.78 is 1.80. The molecule has 1 saturated carbocycles. The third kappa shape index (κ3) is 2.76. The van der Waals surface area contributed by atoms with Crippen LogP contribution in [0, 0.1) is 0 Å². The minimum absolute atomic E-state index is 0.0356. The van der Waals surface area contributed by atoms with Crippen LogP contribution in [0.25, 0.3) is 0 Å². The molecule has 0 amide bonds. The molecule has 3 rings (SSSR count). The number of H-pyrrole nitrogens is 1. The Hall–Kier alpha value is -2.14. The van der Waals surface area contributed by atoms with Crippen LogP contribution in [0.5, 0.6) is 0 Å². The summed E-state index contributed by atoms with van der Waals surface area (Å²) in [5.74, 6) is -0.573. The van der Waals surface area contributed by atoms with Crippen molar-refractivity contribution in [3.05, 3.63) is 26.4 Å². The predicted octanol–water partition coefficient (Wildman–Crippen LogP) is -0.138. The molecule has 0 unspecified atom stereocenters. The van der Waals surface area contributed by atoms with Crippen LogP contribution in [0.4, 0.5) is 10.9 Å². The van der Waals surface area contributed by atoms with Gasteiger partial charge in [0.1, 0.15) is 11.4 Å². The minimum Gasteiger partial charge on any atom is -0.384 e. The lowest BCUT2D eigenvalue weighted by molar-refractivity contribution is 0.102. The molecular weight excluding hydrogens is 328 g/mol. The molecule has 1 aliphatic carbocycles. The Balaban J connectivity index is 1.87. The molecule has 116 valence electrons. The highest BCUT2D eigenvalue weighted by Gasteiger charge is 2.30. The van der Waals surface area contributed by atoms with E-state index in [4.69, 9.17) is 11.5 Å². The zero-order chi connectivity index (χ0) is 15.9. The summed E-state index contributed by atoms with van der Waals surface area (Å²) in [6.45, 7) is 0. The van der Waals surface area contributed by atoms with Gasteiger partial charge in [0, 0.05) is 6.04 Å². The van der Waals surface area contributed by atoms with Crippen molar-refractivity contribution in [2.24, 2.45) is 0 Å². The summed E-state index contributed by atoms with van der Waals surface area (Å²) in [5, 5.41) is 7.71. The summed E-state index contributed by atoms with van der Waals surface area (Å²) in [4.78, 5) is 38.1. The summed E-state index contributed by atoms with van der Waals surface area (Å²) in [5.41, 5.74) is 9.80. The van der Waals surface area contributed by atoms with Gasteiger partial charge in [-0.3, -0.25) is 19.1 Å². The summed E-state index contributed by atoms with van der Waals surface area (Å²) in [6.07, 6.45) is 1.62. The molecule has 0 saturated heterocycles. The molecule has 0 aromatic carbocycles. The molecule has 0 spiro atoms. The molecule has 2 aromatic rings. The number of hydrogen-bond donors (Lipinski definition) is 3. The number of nitrogen functional groups attached to an aromatic ring is 2. The number of rotatable bonds is 5. The molecule has 2 aromatic heterocycles. The van der Waals surface area contributed by atoms with Crippen molar-refractivity contribution < 1.29 is 4.79 Å². The number of nitrogens with one attached hydrogen (secondary N) is 1. The van der Waals surface area contributed by atoms with E-state index in [9.17, 15) is 14.4 Å². The number of hydrogen-bond acceptors (Lipinski definition) is 9. The van der Waals surface area contributed by atoms with Crippen molar-refractivity contribution in [2.45, 2.75) is 23.2 Å². The zero-order valence-electron chi connectivity index (χ0n) is 11.2. The molecule has 1 aliphatic rings. The average Bonchev–Trinajstić information content (AvgIpc) is 3.17. The van der Waals surface area contributed by atoms with E-state index in [1.807, 2.05) is 0 Å². The van der Waals surface area contributed by atoms with E-state index < -0.39 is 17.0 Å². The van der Waals surface area contributed by atoms with Crippen molar-refractivity contribution in [3.63, 3.8) is 0 Å². The van der Waals surface area contributed by atoms with Crippen LogP contribution in [0.15, 0.2) is 13.9 Å². The number of thioether (sulfide) groups is 1. The number of aromatic amines is 1. The van der Waals surface area contributed by atoms with Gasteiger partial charge in [-0.2, -0.15) is 0 Å². The van der Waals surface area contributed by atoms with Crippen LogP contribution >= 0.6 is 23.1 Å². The van der Waals surface area contributed by atoms with Crippen LogP contribution in [0.3, 0.4) is 0 Å². The van der Waals surface area contributed by atoms with Gasteiger partial charge in [-0.15, -0.1) is 10.2 Å². The third-order valence-corrected chi connectivity index (χ3v) is 5.01. The highest BCUT2D eigenvalue weighted by molar-refractivity contribution is 8.01. The van der Waals surface area contributed by atoms with Gasteiger partial charge in [0.2, 0.25) is 5.13 Å². The number of carbonyl (C=O) groups excluding carboxylic acids is 1. The molecule has 9 nitrogen and oxygen atoms in total. The molecule has 0 aliphatic heterocycles. The Morgan fingerprint density at radius 3 is 2.68 bits per heavy atom. The highest BCUT2D eigenvalue weighted by Crippen LogP contribution is 2.35. The number of ketones is 1. The summed E-state index contributed by atoms with van der Waals surface area (Å²) in [6, 6.07) is -0.0356. The largest absolute Gasteiger partial charge is 0.384 e.